The van der Waals surface area contributed by atoms with E-state index in [0.717, 1.165) is 18.0 Å². The van der Waals surface area contributed by atoms with Crippen molar-refractivity contribution in [1.82, 2.24) is 5.32 Å². The highest BCUT2D eigenvalue weighted by atomic mass is 32.2. The van der Waals surface area contributed by atoms with Crippen LogP contribution >= 0.6 is 24.0 Å². The Hall–Kier alpha value is -2.05. The zero-order valence-corrected chi connectivity index (χ0v) is 15.3. The Labute approximate surface area is 152 Å². The maximum absolute atomic E-state index is 11.4. The highest BCUT2D eigenvalue weighted by molar-refractivity contribution is 7.99. The summed E-state index contributed by atoms with van der Waals surface area (Å²) in [5.74, 6) is 0.571. The van der Waals surface area contributed by atoms with E-state index in [9.17, 15) is 4.79 Å². The average molecular weight is 361 g/mol. The number of carbonyl (C=O) groups is 1. The molecule has 2 N–H and O–H groups in total. The lowest BCUT2D eigenvalue weighted by molar-refractivity contribution is 0.0601. The summed E-state index contributed by atoms with van der Waals surface area (Å²) in [4.78, 5) is 12.6. The Morgan fingerprint density at radius 3 is 2.42 bits per heavy atom. The quantitative estimate of drug-likeness (QED) is 0.353. The molecule has 0 aliphatic rings. The molecule has 0 amide bonds. The van der Waals surface area contributed by atoms with Gasteiger partial charge in [-0.05, 0) is 55.5 Å². The largest absolute Gasteiger partial charge is 0.465 e. The molecule has 0 aromatic heterocycles. The van der Waals surface area contributed by atoms with Gasteiger partial charge in [-0.25, -0.2) is 4.79 Å². The normalized spacial score (nSPS) is 10.1. The molecule has 6 heteroatoms. The van der Waals surface area contributed by atoms with Crippen molar-refractivity contribution in [2.75, 3.05) is 24.7 Å². The van der Waals surface area contributed by atoms with Crippen molar-refractivity contribution < 1.29 is 9.53 Å². The van der Waals surface area contributed by atoms with Gasteiger partial charge in [-0.1, -0.05) is 17.7 Å². The molecule has 0 fully saturated rings. The first-order chi connectivity index (χ1) is 11.6. The number of carbonyl (C=O) groups excluding carboxylic acids is 1. The molecule has 0 aliphatic carbocycles. The van der Waals surface area contributed by atoms with E-state index >= 15 is 0 Å². The molecule has 126 valence electrons. The van der Waals surface area contributed by atoms with Crippen molar-refractivity contribution in [3.05, 3.63) is 59.7 Å². The van der Waals surface area contributed by atoms with Crippen LogP contribution in [0.2, 0.25) is 0 Å². The van der Waals surface area contributed by atoms with Crippen molar-refractivity contribution in [1.29, 1.82) is 0 Å². The molecular weight excluding hydrogens is 340 g/mol. The van der Waals surface area contributed by atoms with Gasteiger partial charge < -0.3 is 15.4 Å². The van der Waals surface area contributed by atoms with E-state index in [1.807, 2.05) is 0 Å². The van der Waals surface area contributed by atoms with Crippen molar-refractivity contribution in [3.63, 3.8) is 0 Å². The molecule has 4 nitrogen and oxygen atoms in total. The summed E-state index contributed by atoms with van der Waals surface area (Å²) in [6.07, 6.45) is 0. The number of esters is 1. The smallest absolute Gasteiger partial charge is 0.337 e. The van der Waals surface area contributed by atoms with E-state index in [1.54, 1.807) is 36.0 Å². The minimum Gasteiger partial charge on any atom is -0.465 e. The third-order valence-electron chi connectivity index (χ3n) is 3.24. The predicted octanol–water partition coefficient (Wildman–Crippen LogP) is 3.86. The van der Waals surface area contributed by atoms with Crippen molar-refractivity contribution in [2.24, 2.45) is 0 Å². The van der Waals surface area contributed by atoms with E-state index in [2.05, 4.69) is 46.6 Å². The van der Waals surface area contributed by atoms with Crippen LogP contribution in [0, 0.1) is 6.92 Å². The molecular formula is C18H20N2O2S2. The number of thiocarbonyl (C=S) groups is 1. The molecule has 0 spiro atoms. The van der Waals surface area contributed by atoms with Crippen molar-refractivity contribution in [2.45, 2.75) is 11.8 Å². The second-order valence-corrected chi connectivity index (χ2v) is 6.69. The van der Waals surface area contributed by atoms with E-state index in [0.29, 0.717) is 10.7 Å². The monoisotopic (exact) mass is 360 g/mol. The van der Waals surface area contributed by atoms with Crippen LogP contribution in [0.25, 0.3) is 0 Å². The zero-order valence-electron chi connectivity index (χ0n) is 13.7. The van der Waals surface area contributed by atoms with Gasteiger partial charge in [0.05, 0.1) is 12.7 Å². The zero-order chi connectivity index (χ0) is 17.4. The number of methoxy groups -OCH3 is 1. The van der Waals surface area contributed by atoms with E-state index in [1.165, 1.54) is 17.6 Å². The molecule has 24 heavy (non-hydrogen) atoms. The Morgan fingerprint density at radius 2 is 1.79 bits per heavy atom. The standard InChI is InChI=1S/C18H20N2O2S2/c1-13-3-9-16(10-4-13)24-12-11-19-18(23)20-15-7-5-14(6-8-15)17(21)22-2/h3-10H,11-12H2,1-2H3,(H2,19,20,23). The van der Waals surface area contributed by atoms with Crippen LogP contribution in [0.15, 0.2) is 53.4 Å². The second-order valence-electron chi connectivity index (χ2n) is 5.11. The van der Waals surface area contributed by atoms with Crippen molar-refractivity contribution in [3.8, 4) is 0 Å². The second kappa shape index (κ2) is 9.30. The van der Waals surface area contributed by atoms with Gasteiger partial charge in [0.2, 0.25) is 0 Å². The van der Waals surface area contributed by atoms with E-state index < -0.39 is 0 Å². The number of ether oxygens (including phenoxy) is 1. The van der Waals surface area contributed by atoms with Crippen LogP contribution < -0.4 is 10.6 Å². The van der Waals surface area contributed by atoms with Crippen LogP contribution in [0.3, 0.4) is 0 Å². The number of anilines is 1. The highest BCUT2D eigenvalue weighted by Crippen LogP contribution is 2.17. The van der Waals surface area contributed by atoms with Crippen LogP contribution in [0.5, 0.6) is 0 Å². The van der Waals surface area contributed by atoms with E-state index in [-0.39, 0.29) is 5.97 Å². The fraction of sp³-hybridized carbons (Fsp3) is 0.222. The maximum atomic E-state index is 11.4. The van der Waals surface area contributed by atoms with E-state index in [4.69, 9.17) is 12.2 Å². The predicted molar refractivity (Wildman–Crippen MR) is 104 cm³/mol. The van der Waals surface area contributed by atoms with Crippen LogP contribution in [0.4, 0.5) is 5.69 Å². The van der Waals surface area contributed by atoms with Gasteiger partial charge in [-0.3, -0.25) is 0 Å². The summed E-state index contributed by atoms with van der Waals surface area (Å²) in [6.45, 7) is 2.85. The Balaban J connectivity index is 1.71. The molecule has 0 atom stereocenters. The summed E-state index contributed by atoms with van der Waals surface area (Å²) in [6, 6.07) is 15.5. The summed E-state index contributed by atoms with van der Waals surface area (Å²) < 4.78 is 4.67. The Kier molecular flexibility index (Phi) is 7.08. The average Bonchev–Trinajstić information content (AvgIpc) is 2.60. The van der Waals surface area contributed by atoms with Gasteiger partial charge in [0.25, 0.3) is 0 Å². The van der Waals surface area contributed by atoms with Gasteiger partial charge in [0.1, 0.15) is 0 Å². The maximum Gasteiger partial charge on any atom is 0.337 e. The topological polar surface area (TPSA) is 50.4 Å². The number of hydrogen-bond acceptors (Lipinski definition) is 4. The highest BCUT2D eigenvalue weighted by Gasteiger charge is 2.04. The lowest BCUT2D eigenvalue weighted by Crippen LogP contribution is -2.30. The van der Waals surface area contributed by atoms with Gasteiger partial charge >= 0.3 is 5.97 Å². The molecule has 0 heterocycles. The molecule has 0 saturated heterocycles. The SMILES string of the molecule is COC(=O)c1ccc(NC(=S)NCCSc2ccc(C)cc2)cc1. The van der Waals surface area contributed by atoms with Gasteiger partial charge in [-0.2, -0.15) is 0 Å². The summed E-state index contributed by atoms with van der Waals surface area (Å²) in [5.41, 5.74) is 2.60. The van der Waals surface area contributed by atoms with Crippen molar-refractivity contribution >= 4 is 40.7 Å². The molecule has 0 bridgehead atoms. The minimum atomic E-state index is -0.351. The summed E-state index contributed by atoms with van der Waals surface area (Å²) in [7, 11) is 1.36. The van der Waals surface area contributed by atoms with Gasteiger partial charge in [-0.15, -0.1) is 11.8 Å². The fourth-order valence-corrected chi connectivity index (χ4v) is 2.94. The van der Waals surface area contributed by atoms with Crippen LogP contribution in [-0.4, -0.2) is 30.5 Å². The number of rotatable bonds is 6. The Bertz CT molecular complexity index is 685. The number of aryl methyl sites for hydroxylation is 1. The lowest BCUT2D eigenvalue weighted by Gasteiger charge is -2.11. The van der Waals surface area contributed by atoms with Gasteiger partial charge in [0, 0.05) is 22.9 Å². The number of benzene rings is 2. The molecule has 0 saturated carbocycles. The molecule has 2 rings (SSSR count). The molecule has 2 aromatic rings. The first-order valence-corrected chi connectivity index (χ1v) is 8.90. The number of hydrogen-bond donors (Lipinski definition) is 2. The first kappa shape index (κ1) is 18.3. The lowest BCUT2D eigenvalue weighted by atomic mass is 10.2. The molecule has 0 radical (unpaired) electrons. The first-order valence-electron chi connectivity index (χ1n) is 7.51. The molecule has 2 aromatic carbocycles. The summed E-state index contributed by atoms with van der Waals surface area (Å²) >= 11 is 7.05. The summed E-state index contributed by atoms with van der Waals surface area (Å²) in [5, 5.41) is 6.82. The molecule has 0 aliphatic heterocycles. The number of thioether (sulfide) groups is 1. The van der Waals surface area contributed by atoms with Crippen LogP contribution in [-0.2, 0) is 4.74 Å². The molecule has 0 unspecified atom stereocenters. The third kappa shape index (κ3) is 5.86. The number of nitrogens with one attached hydrogen (secondary N) is 2. The van der Waals surface area contributed by atoms with Gasteiger partial charge in [0.15, 0.2) is 5.11 Å². The minimum absolute atomic E-state index is 0.351. The Morgan fingerprint density at radius 1 is 1.12 bits per heavy atom. The van der Waals surface area contributed by atoms with Crippen LogP contribution in [0.1, 0.15) is 15.9 Å². The fourth-order valence-electron chi connectivity index (χ4n) is 1.95. The third-order valence-corrected chi connectivity index (χ3v) is 4.50.